The Kier molecular flexibility index (Phi) is 7.24. The molecule has 1 unspecified atom stereocenters. The molecule has 2 aliphatic rings. The molecule has 2 atom stereocenters. The molecule has 200 valence electrons. The molecule has 2 heterocycles. The molecule has 0 amide bonds. The first-order valence-corrected chi connectivity index (χ1v) is 15.0. The number of nitrogens with one attached hydrogen (secondary N) is 1. The van der Waals surface area contributed by atoms with Crippen LogP contribution in [0.5, 0.6) is 5.75 Å². The van der Waals surface area contributed by atoms with Crippen molar-refractivity contribution in [3.63, 3.8) is 0 Å². The van der Waals surface area contributed by atoms with Crippen molar-refractivity contribution in [3.05, 3.63) is 93.5 Å². The molecule has 1 N–H and O–H groups in total. The van der Waals surface area contributed by atoms with Crippen molar-refractivity contribution < 1.29 is 13.2 Å². The van der Waals surface area contributed by atoms with Gasteiger partial charge in [-0.15, -0.1) is 0 Å². The van der Waals surface area contributed by atoms with Gasteiger partial charge in [0.1, 0.15) is 17.1 Å². The number of benzene rings is 3. The zero-order chi connectivity index (χ0) is 27.1. The van der Waals surface area contributed by atoms with Crippen molar-refractivity contribution in [2.45, 2.75) is 49.6 Å². The van der Waals surface area contributed by atoms with Gasteiger partial charge in [0.05, 0.1) is 22.6 Å². The summed E-state index contributed by atoms with van der Waals surface area (Å²) in [5.41, 5.74) is 1.29. The van der Waals surface area contributed by atoms with Crippen molar-refractivity contribution in [2.24, 2.45) is 4.99 Å². The average Bonchev–Trinajstić information content (AvgIpc) is 3.53. The number of amidine groups is 1. The summed E-state index contributed by atoms with van der Waals surface area (Å²) >= 11 is 12.4. The minimum absolute atomic E-state index is 0.228. The molecule has 5 rings (SSSR count). The molecule has 1 saturated heterocycles. The SMILES string of the molecule is CCOc1cc(S(=O)(=O)N2CCCC2)ccc1C1=NC(C)(c2ccc(Cl)cc2)[C@@](C)(c2ccc(Cl)cc2)N1. The third-order valence-electron chi connectivity index (χ3n) is 7.72. The molecular weight excluding hydrogens is 541 g/mol. The van der Waals surface area contributed by atoms with Gasteiger partial charge in [0, 0.05) is 29.2 Å². The Hall–Kier alpha value is -2.58. The van der Waals surface area contributed by atoms with Gasteiger partial charge in [0.2, 0.25) is 10.0 Å². The summed E-state index contributed by atoms with van der Waals surface area (Å²) in [6.45, 7) is 7.54. The second kappa shape index (κ2) is 10.2. The predicted octanol–water partition coefficient (Wildman–Crippen LogP) is 6.36. The largest absolute Gasteiger partial charge is 0.493 e. The van der Waals surface area contributed by atoms with Crippen molar-refractivity contribution in [3.8, 4) is 5.75 Å². The van der Waals surface area contributed by atoms with E-state index in [2.05, 4.69) is 19.2 Å². The summed E-state index contributed by atoms with van der Waals surface area (Å²) in [7, 11) is -3.59. The topological polar surface area (TPSA) is 71.0 Å². The van der Waals surface area contributed by atoms with E-state index in [-0.39, 0.29) is 4.90 Å². The molecule has 3 aromatic rings. The summed E-state index contributed by atoms with van der Waals surface area (Å²) in [6, 6.07) is 20.5. The van der Waals surface area contributed by atoms with Gasteiger partial charge >= 0.3 is 0 Å². The Labute approximate surface area is 234 Å². The number of rotatable bonds is 7. The summed E-state index contributed by atoms with van der Waals surface area (Å²) in [6.07, 6.45) is 1.76. The normalized spacial score (nSPS) is 23.8. The molecule has 0 spiro atoms. The van der Waals surface area contributed by atoms with Crippen LogP contribution in [0.1, 0.15) is 50.3 Å². The Bertz CT molecular complexity index is 1470. The average molecular weight is 573 g/mol. The third kappa shape index (κ3) is 4.60. The van der Waals surface area contributed by atoms with E-state index >= 15 is 0 Å². The van der Waals surface area contributed by atoms with Crippen LogP contribution < -0.4 is 10.1 Å². The monoisotopic (exact) mass is 571 g/mol. The van der Waals surface area contributed by atoms with Crippen LogP contribution in [-0.4, -0.2) is 38.3 Å². The quantitative estimate of drug-likeness (QED) is 0.358. The Morgan fingerprint density at radius 1 is 0.921 bits per heavy atom. The fourth-order valence-corrected chi connectivity index (χ4v) is 7.11. The van der Waals surface area contributed by atoms with Gasteiger partial charge in [-0.3, -0.25) is 4.99 Å². The summed E-state index contributed by atoms with van der Waals surface area (Å²) in [5.74, 6) is 1.09. The molecule has 0 aromatic heterocycles. The summed E-state index contributed by atoms with van der Waals surface area (Å²) in [4.78, 5) is 5.47. The molecule has 1 fully saturated rings. The first-order chi connectivity index (χ1) is 18.1. The van der Waals surface area contributed by atoms with Crippen molar-refractivity contribution in [1.82, 2.24) is 9.62 Å². The van der Waals surface area contributed by atoms with E-state index < -0.39 is 21.1 Å². The first kappa shape index (κ1) is 27.0. The Balaban J connectivity index is 1.63. The minimum atomic E-state index is -3.59. The van der Waals surface area contributed by atoms with Crippen molar-refractivity contribution >= 4 is 39.1 Å². The molecule has 3 aromatic carbocycles. The first-order valence-electron chi connectivity index (χ1n) is 12.8. The molecule has 0 aliphatic carbocycles. The Morgan fingerprint density at radius 2 is 1.50 bits per heavy atom. The van der Waals surface area contributed by atoms with Crippen LogP contribution in [0.15, 0.2) is 76.6 Å². The van der Waals surface area contributed by atoms with E-state index in [0.717, 1.165) is 24.0 Å². The van der Waals surface area contributed by atoms with E-state index in [0.29, 0.717) is 46.9 Å². The highest BCUT2D eigenvalue weighted by Crippen LogP contribution is 2.48. The number of hydrogen-bond acceptors (Lipinski definition) is 5. The van der Waals surface area contributed by atoms with Gasteiger partial charge in [-0.05, 0) is 81.1 Å². The van der Waals surface area contributed by atoms with Gasteiger partial charge in [0.15, 0.2) is 0 Å². The highest BCUT2D eigenvalue weighted by atomic mass is 35.5. The number of nitrogens with zero attached hydrogens (tertiary/aromatic N) is 2. The van der Waals surface area contributed by atoms with Gasteiger partial charge in [0.25, 0.3) is 0 Å². The van der Waals surface area contributed by atoms with Crippen molar-refractivity contribution in [1.29, 1.82) is 0 Å². The minimum Gasteiger partial charge on any atom is -0.493 e. The van der Waals surface area contributed by atoms with Crippen LogP contribution in [0.2, 0.25) is 10.0 Å². The Morgan fingerprint density at radius 3 is 2.08 bits per heavy atom. The van der Waals surface area contributed by atoms with Gasteiger partial charge < -0.3 is 10.1 Å². The second-order valence-electron chi connectivity index (χ2n) is 10.00. The number of aliphatic imine (C=N–C) groups is 1. The van der Waals surface area contributed by atoms with Gasteiger partial charge in [-0.1, -0.05) is 47.5 Å². The predicted molar refractivity (Wildman–Crippen MR) is 153 cm³/mol. The molecule has 2 aliphatic heterocycles. The van der Waals surface area contributed by atoms with E-state index in [9.17, 15) is 8.42 Å². The molecule has 38 heavy (non-hydrogen) atoms. The maximum Gasteiger partial charge on any atom is 0.243 e. The zero-order valence-electron chi connectivity index (χ0n) is 21.7. The molecule has 0 saturated carbocycles. The molecular formula is C29H31Cl2N3O3S. The molecule has 9 heteroatoms. The second-order valence-corrected chi connectivity index (χ2v) is 12.8. The van der Waals surface area contributed by atoms with Crippen LogP contribution in [0, 0.1) is 0 Å². The number of sulfonamides is 1. The van der Waals surface area contributed by atoms with Gasteiger partial charge in [-0.25, -0.2) is 8.42 Å². The highest BCUT2D eigenvalue weighted by molar-refractivity contribution is 7.89. The molecule has 0 radical (unpaired) electrons. The van der Waals surface area contributed by atoms with Gasteiger partial charge in [-0.2, -0.15) is 4.31 Å². The number of hydrogen-bond donors (Lipinski definition) is 1. The lowest BCUT2D eigenvalue weighted by molar-refractivity contribution is 0.268. The molecule has 6 nitrogen and oxygen atoms in total. The van der Waals surface area contributed by atoms with Crippen LogP contribution in [-0.2, 0) is 21.1 Å². The van der Waals surface area contributed by atoms with Crippen molar-refractivity contribution in [2.75, 3.05) is 19.7 Å². The van der Waals surface area contributed by atoms with E-state index in [1.54, 1.807) is 18.2 Å². The highest BCUT2D eigenvalue weighted by Gasteiger charge is 2.52. The van der Waals surface area contributed by atoms with Crippen LogP contribution in [0.3, 0.4) is 0 Å². The molecule has 0 bridgehead atoms. The maximum atomic E-state index is 13.3. The fraction of sp³-hybridized carbons (Fsp3) is 0.345. The smallest absolute Gasteiger partial charge is 0.243 e. The summed E-state index contributed by atoms with van der Waals surface area (Å²) < 4.78 is 34.0. The standard InChI is InChI=1S/C29H31Cl2N3O3S/c1-4-37-26-19-24(38(35,36)34-17-5-6-18-34)15-16-25(26)27-32-28(2,20-7-11-22(30)12-8-20)29(3,33-27)21-9-13-23(31)14-10-21/h7-16,19H,4-6,17-18H2,1-3H3,(H,32,33)/t28-,29?/m1/s1. The van der Waals surface area contributed by atoms with Crippen LogP contribution in [0.25, 0.3) is 0 Å². The van der Waals surface area contributed by atoms with E-state index in [1.807, 2.05) is 55.5 Å². The third-order valence-corrected chi connectivity index (χ3v) is 10.1. The van der Waals surface area contributed by atoms with Crippen LogP contribution >= 0.6 is 23.2 Å². The lowest BCUT2D eigenvalue weighted by Gasteiger charge is -2.40. The lowest BCUT2D eigenvalue weighted by Crippen LogP contribution is -2.50. The summed E-state index contributed by atoms with van der Waals surface area (Å²) in [5, 5.41) is 4.97. The van der Waals surface area contributed by atoms with E-state index in [1.165, 1.54) is 4.31 Å². The van der Waals surface area contributed by atoms with E-state index in [4.69, 9.17) is 32.9 Å². The maximum absolute atomic E-state index is 13.3. The zero-order valence-corrected chi connectivity index (χ0v) is 24.0. The number of ether oxygens (including phenoxy) is 1. The lowest BCUT2D eigenvalue weighted by atomic mass is 9.72. The fourth-order valence-electron chi connectivity index (χ4n) is 5.32. The number of halogens is 2. The van der Waals surface area contributed by atoms with Crippen LogP contribution in [0.4, 0.5) is 0 Å².